The van der Waals surface area contributed by atoms with Gasteiger partial charge in [0.2, 0.25) is 0 Å². The minimum atomic E-state index is 0.279. The molecule has 0 saturated heterocycles. The van der Waals surface area contributed by atoms with Gasteiger partial charge in [0.1, 0.15) is 0 Å². The largest absolute Gasteiger partial charge is 0.308 e. The lowest BCUT2D eigenvalue weighted by Crippen LogP contribution is -2.37. The van der Waals surface area contributed by atoms with Crippen LogP contribution in [0.1, 0.15) is 47.5 Å². The van der Waals surface area contributed by atoms with E-state index in [0.29, 0.717) is 12.0 Å². The maximum absolute atomic E-state index is 5.41. The molecule has 0 bridgehead atoms. The Bertz CT molecular complexity index is 364. The molecule has 1 unspecified atom stereocenters. The fourth-order valence-electron chi connectivity index (χ4n) is 1.89. The van der Waals surface area contributed by atoms with Crippen LogP contribution in [0.25, 0.3) is 0 Å². The second-order valence-electron chi connectivity index (χ2n) is 5.50. The predicted molar refractivity (Wildman–Crippen MR) is 87.0 cm³/mol. The minimum absolute atomic E-state index is 0.279. The third-order valence-corrected chi connectivity index (χ3v) is 3.00. The van der Waals surface area contributed by atoms with E-state index in [1.165, 1.54) is 11.1 Å². The van der Waals surface area contributed by atoms with Gasteiger partial charge in [-0.25, -0.2) is 0 Å². The molecule has 0 aliphatic carbocycles. The summed E-state index contributed by atoms with van der Waals surface area (Å²) in [5, 5.41) is 3.58. The van der Waals surface area contributed by atoms with Gasteiger partial charge in [0.15, 0.2) is 0 Å². The lowest BCUT2D eigenvalue weighted by atomic mass is 9.91. The normalized spacial score (nSPS) is 14.1. The highest BCUT2D eigenvalue weighted by atomic mass is 14.9. The Morgan fingerprint density at radius 3 is 2.37 bits per heavy atom. The molecule has 1 nitrogen and oxygen atoms in total. The Labute approximate surface area is 119 Å². The Morgan fingerprint density at radius 2 is 1.95 bits per heavy atom. The van der Waals surface area contributed by atoms with Crippen LogP contribution in [0.5, 0.6) is 0 Å². The molecule has 0 rings (SSSR count). The van der Waals surface area contributed by atoms with E-state index in [1.807, 2.05) is 6.08 Å². The smallest absolute Gasteiger partial charge is 0.0322 e. The van der Waals surface area contributed by atoms with Gasteiger partial charge >= 0.3 is 0 Å². The van der Waals surface area contributed by atoms with Crippen molar-refractivity contribution in [2.75, 3.05) is 0 Å². The van der Waals surface area contributed by atoms with Crippen LogP contribution in [0, 0.1) is 18.3 Å². The maximum Gasteiger partial charge on any atom is 0.0322 e. The molecule has 106 valence electrons. The van der Waals surface area contributed by atoms with E-state index in [-0.39, 0.29) is 6.04 Å². The van der Waals surface area contributed by atoms with Gasteiger partial charge in [-0.05, 0) is 30.4 Å². The average molecular weight is 259 g/mol. The Hall–Kier alpha value is -1.26. The van der Waals surface area contributed by atoms with Crippen molar-refractivity contribution in [1.29, 1.82) is 0 Å². The standard InChI is InChI=1S/C18H29N/c1-8-10-12-17(11-9-2)13-18(19-15(5)6)16(7)14(3)4/h2,10-12,14-15,18-19H,7-8,13H2,1,3-6H3/b12-10-,17-11+. The molecule has 0 aliphatic rings. The number of terminal acetylenes is 1. The Balaban J connectivity index is 4.96. The first-order valence-electron chi connectivity index (χ1n) is 7.18. The van der Waals surface area contributed by atoms with Crippen molar-refractivity contribution in [3.8, 4) is 12.3 Å². The van der Waals surface area contributed by atoms with Crippen LogP contribution in [-0.2, 0) is 0 Å². The zero-order chi connectivity index (χ0) is 14.8. The van der Waals surface area contributed by atoms with Crippen molar-refractivity contribution in [1.82, 2.24) is 5.32 Å². The molecule has 19 heavy (non-hydrogen) atoms. The SMILES string of the molecule is C#C/C=C(\C=C/CC)CC(NC(C)C)C(=C)C(C)C. The fourth-order valence-corrected chi connectivity index (χ4v) is 1.89. The van der Waals surface area contributed by atoms with E-state index in [9.17, 15) is 0 Å². The zero-order valence-electron chi connectivity index (χ0n) is 13.2. The van der Waals surface area contributed by atoms with Gasteiger partial charge in [-0.3, -0.25) is 0 Å². The van der Waals surface area contributed by atoms with Gasteiger partial charge in [-0.2, -0.15) is 0 Å². The number of hydrogen-bond donors (Lipinski definition) is 1. The molecular formula is C18H29N. The Morgan fingerprint density at radius 1 is 1.32 bits per heavy atom. The topological polar surface area (TPSA) is 12.0 Å². The highest BCUT2D eigenvalue weighted by Gasteiger charge is 2.16. The molecule has 0 saturated carbocycles. The summed E-state index contributed by atoms with van der Waals surface area (Å²) in [6, 6.07) is 0.712. The van der Waals surface area contributed by atoms with Crippen molar-refractivity contribution >= 4 is 0 Å². The van der Waals surface area contributed by atoms with Gasteiger partial charge < -0.3 is 5.32 Å². The van der Waals surface area contributed by atoms with Crippen LogP contribution in [0.4, 0.5) is 0 Å². The quantitative estimate of drug-likeness (QED) is 0.385. The van der Waals surface area contributed by atoms with Crippen LogP contribution < -0.4 is 5.32 Å². The van der Waals surface area contributed by atoms with Crippen molar-refractivity contribution in [3.63, 3.8) is 0 Å². The van der Waals surface area contributed by atoms with E-state index >= 15 is 0 Å². The third-order valence-electron chi connectivity index (χ3n) is 3.00. The van der Waals surface area contributed by atoms with E-state index < -0.39 is 0 Å². The van der Waals surface area contributed by atoms with E-state index in [2.05, 4.69) is 64.6 Å². The number of hydrogen-bond acceptors (Lipinski definition) is 1. The molecular weight excluding hydrogens is 230 g/mol. The summed E-state index contributed by atoms with van der Waals surface area (Å²) in [5.74, 6) is 3.10. The van der Waals surface area contributed by atoms with Crippen LogP contribution in [0.15, 0.2) is 36.0 Å². The van der Waals surface area contributed by atoms with Crippen LogP contribution in [0.3, 0.4) is 0 Å². The molecule has 1 atom stereocenters. The summed E-state index contributed by atoms with van der Waals surface area (Å²) < 4.78 is 0. The lowest BCUT2D eigenvalue weighted by Gasteiger charge is -2.26. The van der Waals surface area contributed by atoms with Crippen molar-refractivity contribution in [3.05, 3.63) is 36.0 Å². The first-order chi connectivity index (χ1) is 8.92. The van der Waals surface area contributed by atoms with Crippen molar-refractivity contribution < 1.29 is 0 Å². The lowest BCUT2D eigenvalue weighted by molar-refractivity contribution is 0.477. The summed E-state index contributed by atoms with van der Waals surface area (Å²) in [6.45, 7) is 15.0. The number of rotatable bonds is 8. The monoisotopic (exact) mass is 259 g/mol. The summed E-state index contributed by atoms with van der Waals surface area (Å²) in [4.78, 5) is 0. The van der Waals surface area contributed by atoms with E-state index in [0.717, 1.165) is 12.8 Å². The van der Waals surface area contributed by atoms with Crippen molar-refractivity contribution in [2.24, 2.45) is 5.92 Å². The maximum atomic E-state index is 5.41. The second-order valence-corrected chi connectivity index (χ2v) is 5.50. The van der Waals surface area contributed by atoms with Gasteiger partial charge in [-0.1, -0.05) is 64.8 Å². The molecule has 0 amide bonds. The summed E-state index contributed by atoms with van der Waals surface area (Å²) in [6.07, 6.45) is 13.5. The zero-order valence-corrected chi connectivity index (χ0v) is 13.2. The minimum Gasteiger partial charge on any atom is -0.308 e. The molecule has 1 heteroatoms. The van der Waals surface area contributed by atoms with Crippen molar-refractivity contribution in [2.45, 2.75) is 59.5 Å². The van der Waals surface area contributed by atoms with E-state index in [1.54, 1.807) is 0 Å². The molecule has 0 fully saturated rings. The molecule has 0 heterocycles. The first-order valence-corrected chi connectivity index (χ1v) is 7.18. The Kier molecular flexibility index (Phi) is 9.00. The molecule has 0 aliphatic heterocycles. The fraction of sp³-hybridized carbons (Fsp3) is 0.556. The molecule has 1 N–H and O–H groups in total. The second kappa shape index (κ2) is 9.64. The van der Waals surface area contributed by atoms with Crippen LogP contribution in [-0.4, -0.2) is 12.1 Å². The molecule has 0 aromatic rings. The van der Waals surface area contributed by atoms with E-state index in [4.69, 9.17) is 6.42 Å². The molecule has 0 aromatic heterocycles. The third kappa shape index (κ3) is 7.70. The van der Waals surface area contributed by atoms with Gasteiger partial charge in [0.05, 0.1) is 0 Å². The van der Waals surface area contributed by atoms with Gasteiger partial charge in [0, 0.05) is 12.1 Å². The van der Waals surface area contributed by atoms with Crippen LogP contribution >= 0.6 is 0 Å². The predicted octanol–water partition coefficient (Wildman–Crippen LogP) is 4.48. The molecule has 0 radical (unpaired) electrons. The average Bonchev–Trinajstić information content (AvgIpc) is 2.33. The summed E-state index contributed by atoms with van der Waals surface area (Å²) >= 11 is 0. The summed E-state index contributed by atoms with van der Waals surface area (Å²) in [7, 11) is 0. The van der Waals surface area contributed by atoms with Gasteiger partial charge in [0.25, 0.3) is 0 Å². The molecule has 0 aromatic carbocycles. The highest BCUT2D eigenvalue weighted by Crippen LogP contribution is 2.19. The highest BCUT2D eigenvalue weighted by molar-refractivity contribution is 5.29. The van der Waals surface area contributed by atoms with Gasteiger partial charge in [-0.15, -0.1) is 6.42 Å². The number of nitrogens with one attached hydrogen (secondary N) is 1. The van der Waals surface area contributed by atoms with Crippen LogP contribution in [0.2, 0.25) is 0 Å². The summed E-state index contributed by atoms with van der Waals surface area (Å²) in [5.41, 5.74) is 2.42. The molecule has 0 spiro atoms. The number of allylic oxidation sites excluding steroid dienone is 3. The first kappa shape index (κ1) is 17.7.